The molecule has 2 aromatic rings. The van der Waals surface area contributed by atoms with E-state index in [1.54, 1.807) is 5.38 Å². The fraction of sp³-hybridized carbons (Fsp3) is 0.182. The van der Waals surface area contributed by atoms with Crippen LogP contribution in [0.25, 0.3) is 0 Å². The maximum Gasteiger partial charge on any atom is 0.280 e. The molecule has 0 spiro atoms. The van der Waals surface area contributed by atoms with Crippen molar-refractivity contribution in [3.63, 3.8) is 0 Å². The Hall–Kier alpha value is -1.26. The van der Waals surface area contributed by atoms with Crippen LogP contribution in [0.1, 0.15) is 6.92 Å². The molecule has 0 N–H and O–H groups in total. The topological polar surface area (TPSA) is 31.4 Å². The smallest absolute Gasteiger partial charge is 0.280 e. The highest BCUT2D eigenvalue weighted by Gasteiger charge is 2.02. The Balaban J connectivity index is 2.05. The minimum absolute atomic E-state index is 0.450. The first kappa shape index (κ1) is 11.2. The fourth-order valence-corrected chi connectivity index (χ4v) is 1.96. The summed E-state index contributed by atoms with van der Waals surface area (Å²) < 4.78 is 10.8. The lowest BCUT2D eigenvalue weighted by molar-refractivity contribution is 0.339. The van der Waals surface area contributed by atoms with Crippen LogP contribution < -0.4 is 9.47 Å². The molecule has 84 valence electrons. The second kappa shape index (κ2) is 5.18. The number of hydrogen-bond donors (Lipinski definition) is 0. The molecule has 0 fully saturated rings. The van der Waals surface area contributed by atoms with Crippen LogP contribution in [0.15, 0.2) is 29.6 Å². The molecule has 1 heterocycles. The average Bonchev–Trinajstić information content (AvgIpc) is 2.67. The van der Waals surface area contributed by atoms with Gasteiger partial charge in [-0.15, -0.1) is 0 Å². The Morgan fingerprint density at radius 3 is 2.50 bits per heavy atom. The van der Waals surface area contributed by atoms with Crippen molar-refractivity contribution in [1.82, 2.24) is 4.98 Å². The van der Waals surface area contributed by atoms with E-state index in [0.717, 1.165) is 11.5 Å². The highest BCUT2D eigenvalue weighted by molar-refractivity contribution is 7.11. The molecule has 0 unspecified atom stereocenters. The van der Waals surface area contributed by atoms with Gasteiger partial charge in [-0.3, -0.25) is 0 Å². The Labute approximate surface area is 103 Å². The number of benzene rings is 1. The number of thiazole rings is 1. The third kappa shape index (κ3) is 2.87. The lowest BCUT2D eigenvalue weighted by atomic mass is 10.3. The summed E-state index contributed by atoms with van der Waals surface area (Å²) in [5.74, 6) is 1.54. The zero-order chi connectivity index (χ0) is 11.4. The molecule has 5 heteroatoms. The fourth-order valence-electron chi connectivity index (χ4n) is 1.16. The normalized spacial score (nSPS) is 10.1. The van der Waals surface area contributed by atoms with E-state index in [-0.39, 0.29) is 0 Å². The lowest BCUT2D eigenvalue weighted by Crippen LogP contribution is -1.90. The predicted molar refractivity (Wildman–Crippen MR) is 64.8 cm³/mol. The molecular weight excluding hydrogens is 246 g/mol. The molecule has 0 aliphatic carbocycles. The molecule has 0 atom stereocenters. The first-order valence-corrected chi connectivity index (χ1v) is 6.05. The van der Waals surface area contributed by atoms with Gasteiger partial charge in [-0.05, 0) is 31.2 Å². The number of ether oxygens (including phenoxy) is 2. The summed E-state index contributed by atoms with van der Waals surface area (Å²) in [6, 6.07) is 7.38. The van der Waals surface area contributed by atoms with E-state index < -0.39 is 0 Å². The van der Waals surface area contributed by atoms with Gasteiger partial charge in [-0.1, -0.05) is 22.9 Å². The standard InChI is InChI=1S/C11H10ClNO2S/c1-2-14-8-3-5-9(6-4-8)15-11-13-10(12)7-16-11/h3-7H,2H2,1H3. The molecule has 0 saturated heterocycles. The Morgan fingerprint density at radius 2 is 1.94 bits per heavy atom. The molecule has 0 aliphatic rings. The van der Waals surface area contributed by atoms with Crippen LogP contribution in [0.4, 0.5) is 0 Å². The zero-order valence-corrected chi connectivity index (χ0v) is 10.2. The van der Waals surface area contributed by atoms with Crippen molar-refractivity contribution >= 4 is 22.9 Å². The van der Waals surface area contributed by atoms with Gasteiger partial charge in [0.05, 0.1) is 6.61 Å². The van der Waals surface area contributed by atoms with Gasteiger partial charge >= 0.3 is 0 Å². The van der Waals surface area contributed by atoms with E-state index in [9.17, 15) is 0 Å². The lowest BCUT2D eigenvalue weighted by Gasteiger charge is -2.04. The van der Waals surface area contributed by atoms with E-state index >= 15 is 0 Å². The second-order valence-electron chi connectivity index (χ2n) is 2.94. The first-order chi connectivity index (χ1) is 7.78. The molecule has 16 heavy (non-hydrogen) atoms. The summed E-state index contributed by atoms with van der Waals surface area (Å²) >= 11 is 7.05. The molecule has 0 saturated carbocycles. The van der Waals surface area contributed by atoms with Crippen molar-refractivity contribution in [2.24, 2.45) is 0 Å². The summed E-state index contributed by atoms with van der Waals surface area (Å²) in [7, 11) is 0. The van der Waals surface area contributed by atoms with Crippen LogP contribution in [-0.2, 0) is 0 Å². The van der Waals surface area contributed by atoms with E-state index in [1.165, 1.54) is 11.3 Å². The van der Waals surface area contributed by atoms with Crippen molar-refractivity contribution in [2.75, 3.05) is 6.61 Å². The number of halogens is 1. The maximum absolute atomic E-state index is 5.69. The van der Waals surface area contributed by atoms with Crippen LogP contribution >= 0.6 is 22.9 Å². The third-order valence-electron chi connectivity index (χ3n) is 1.79. The number of aromatic nitrogens is 1. The molecule has 0 radical (unpaired) electrons. The van der Waals surface area contributed by atoms with Crippen molar-refractivity contribution < 1.29 is 9.47 Å². The highest BCUT2D eigenvalue weighted by Crippen LogP contribution is 2.28. The van der Waals surface area contributed by atoms with Crippen LogP contribution in [0.5, 0.6) is 16.7 Å². The molecule has 0 amide bonds. The molecule has 2 rings (SSSR count). The highest BCUT2D eigenvalue weighted by atomic mass is 35.5. The molecule has 0 aliphatic heterocycles. The number of rotatable bonds is 4. The average molecular weight is 256 g/mol. The largest absolute Gasteiger partial charge is 0.494 e. The maximum atomic E-state index is 5.69. The predicted octanol–water partition coefficient (Wildman–Crippen LogP) is 3.99. The van der Waals surface area contributed by atoms with Gasteiger partial charge in [0.1, 0.15) is 16.7 Å². The second-order valence-corrected chi connectivity index (χ2v) is 4.15. The summed E-state index contributed by atoms with van der Waals surface area (Å²) in [5, 5.41) is 2.71. The monoisotopic (exact) mass is 255 g/mol. The molecule has 3 nitrogen and oxygen atoms in total. The summed E-state index contributed by atoms with van der Waals surface area (Å²) in [4.78, 5) is 4.00. The van der Waals surface area contributed by atoms with Crippen LogP contribution in [0, 0.1) is 0 Å². The summed E-state index contributed by atoms with van der Waals surface area (Å²) in [6.07, 6.45) is 0. The van der Waals surface area contributed by atoms with Crippen molar-refractivity contribution in [1.29, 1.82) is 0 Å². The molecular formula is C11H10ClNO2S. The van der Waals surface area contributed by atoms with Crippen LogP contribution in [0.2, 0.25) is 5.15 Å². The summed E-state index contributed by atoms with van der Waals surface area (Å²) in [6.45, 7) is 2.60. The van der Waals surface area contributed by atoms with Gasteiger partial charge < -0.3 is 9.47 Å². The van der Waals surface area contributed by atoms with Crippen molar-refractivity contribution in [2.45, 2.75) is 6.92 Å². The van der Waals surface area contributed by atoms with Crippen molar-refractivity contribution in [3.8, 4) is 16.7 Å². The van der Waals surface area contributed by atoms with E-state index in [0.29, 0.717) is 17.0 Å². The van der Waals surface area contributed by atoms with Crippen LogP contribution in [0.3, 0.4) is 0 Å². The zero-order valence-electron chi connectivity index (χ0n) is 8.64. The quantitative estimate of drug-likeness (QED) is 0.828. The van der Waals surface area contributed by atoms with Gasteiger partial charge in [0.25, 0.3) is 5.19 Å². The molecule has 0 bridgehead atoms. The third-order valence-corrected chi connectivity index (χ3v) is 2.84. The minimum atomic E-state index is 0.450. The Bertz CT molecular complexity index is 455. The van der Waals surface area contributed by atoms with Gasteiger partial charge in [0, 0.05) is 5.38 Å². The van der Waals surface area contributed by atoms with Crippen molar-refractivity contribution in [3.05, 3.63) is 34.8 Å². The SMILES string of the molecule is CCOc1ccc(Oc2nc(Cl)cs2)cc1. The minimum Gasteiger partial charge on any atom is -0.494 e. The van der Waals surface area contributed by atoms with Gasteiger partial charge in [-0.2, -0.15) is 4.98 Å². The van der Waals surface area contributed by atoms with Gasteiger partial charge in [0.15, 0.2) is 0 Å². The number of hydrogen-bond acceptors (Lipinski definition) is 4. The van der Waals surface area contributed by atoms with Crippen LogP contribution in [-0.4, -0.2) is 11.6 Å². The Kier molecular flexibility index (Phi) is 3.64. The first-order valence-electron chi connectivity index (χ1n) is 4.79. The van der Waals surface area contributed by atoms with E-state index in [1.807, 2.05) is 31.2 Å². The molecule has 1 aromatic heterocycles. The molecule has 1 aromatic carbocycles. The number of nitrogens with zero attached hydrogens (tertiary/aromatic N) is 1. The van der Waals surface area contributed by atoms with Gasteiger partial charge in [0.2, 0.25) is 0 Å². The van der Waals surface area contributed by atoms with E-state index in [2.05, 4.69) is 4.98 Å². The van der Waals surface area contributed by atoms with E-state index in [4.69, 9.17) is 21.1 Å². The Morgan fingerprint density at radius 1 is 1.25 bits per heavy atom. The summed E-state index contributed by atoms with van der Waals surface area (Å²) in [5.41, 5.74) is 0. The van der Waals surface area contributed by atoms with Gasteiger partial charge in [-0.25, -0.2) is 0 Å².